The van der Waals surface area contributed by atoms with Crippen molar-refractivity contribution >= 4 is 27.5 Å². The maximum atomic E-state index is 11.1. The predicted molar refractivity (Wildman–Crippen MR) is 57.1 cm³/mol. The van der Waals surface area contributed by atoms with E-state index in [1.54, 1.807) is 12.3 Å². The van der Waals surface area contributed by atoms with E-state index in [0.717, 1.165) is 18.5 Å². The number of rotatable bonds is 3. The molecule has 4 nitrogen and oxygen atoms in total. The Morgan fingerprint density at radius 2 is 2.36 bits per heavy atom. The van der Waals surface area contributed by atoms with E-state index in [1.807, 2.05) is 0 Å². The highest BCUT2D eigenvalue weighted by atomic mass is 79.9. The van der Waals surface area contributed by atoms with Crippen molar-refractivity contribution in [3.05, 3.63) is 22.4 Å². The molecule has 1 aliphatic rings. The van der Waals surface area contributed by atoms with Crippen LogP contribution >= 0.6 is 15.9 Å². The van der Waals surface area contributed by atoms with E-state index in [-0.39, 0.29) is 0 Å². The van der Waals surface area contributed by atoms with Crippen LogP contribution in [-0.4, -0.2) is 16.9 Å². The van der Waals surface area contributed by atoms with Crippen molar-refractivity contribution in [2.75, 3.05) is 5.32 Å². The number of primary amides is 1. The van der Waals surface area contributed by atoms with E-state index in [4.69, 9.17) is 5.73 Å². The van der Waals surface area contributed by atoms with Crippen LogP contribution in [-0.2, 0) is 0 Å². The van der Waals surface area contributed by atoms with Gasteiger partial charge in [-0.2, -0.15) is 0 Å². The number of amides is 1. The van der Waals surface area contributed by atoms with Gasteiger partial charge < -0.3 is 11.1 Å². The molecule has 3 N–H and O–H groups in total. The molecular formula is C9H10BrN3O. The molecule has 0 aliphatic heterocycles. The molecule has 0 radical (unpaired) electrons. The third-order valence-corrected chi connectivity index (χ3v) is 2.51. The van der Waals surface area contributed by atoms with Gasteiger partial charge in [-0.15, -0.1) is 0 Å². The van der Waals surface area contributed by atoms with Crippen molar-refractivity contribution in [2.24, 2.45) is 5.73 Å². The van der Waals surface area contributed by atoms with Crippen LogP contribution in [0.4, 0.5) is 5.69 Å². The van der Waals surface area contributed by atoms with E-state index in [9.17, 15) is 4.79 Å². The van der Waals surface area contributed by atoms with Crippen molar-refractivity contribution in [1.82, 2.24) is 4.98 Å². The Balaban J connectivity index is 2.31. The number of hydrogen-bond acceptors (Lipinski definition) is 3. The first-order valence-electron chi connectivity index (χ1n) is 4.38. The summed E-state index contributed by atoms with van der Waals surface area (Å²) in [5, 5.41) is 3.21. The molecule has 0 saturated heterocycles. The number of pyridine rings is 1. The molecule has 0 aromatic carbocycles. The molecule has 1 saturated carbocycles. The maximum absolute atomic E-state index is 11.1. The lowest BCUT2D eigenvalue weighted by molar-refractivity contribution is 0.100. The SMILES string of the molecule is NC(=O)c1cc(Br)ncc1NC1CC1. The Morgan fingerprint density at radius 3 is 2.93 bits per heavy atom. The highest BCUT2D eigenvalue weighted by molar-refractivity contribution is 9.10. The van der Waals surface area contributed by atoms with Crippen LogP contribution in [0.1, 0.15) is 23.2 Å². The van der Waals surface area contributed by atoms with Crippen molar-refractivity contribution in [3.63, 3.8) is 0 Å². The quantitative estimate of drug-likeness (QED) is 0.805. The lowest BCUT2D eigenvalue weighted by Crippen LogP contribution is -2.15. The fourth-order valence-corrected chi connectivity index (χ4v) is 1.53. The first kappa shape index (κ1) is 9.45. The standard InChI is InChI=1S/C9H10BrN3O/c10-8-3-6(9(11)14)7(4-12-8)13-5-1-2-5/h3-5,13H,1-2H2,(H2,11,14). The van der Waals surface area contributed by atoms with E-state index in [2.05, 4.69) is 26.2 Å². The fourth-order valence-electron chi connectivity index (χ4n) is 1.20. The number of carbonyl (C=O) groups excluding carboxylic acids is 1. The van der Waals surface area contributed by atoms with Crippen LogP contribution in [0, 0.1) is 0 Å². The molecule has 2 rings (SSSR count). The molecular weight excluding hydrogens is 246 g/mol. The third-order valence-electron chi connectivity index (χ3n) is 2.07. The number of carbonyl (C=O) groups is 1. The molecule has 1 aliphatic carbocycles. The summed E-state index contributed by atoms with van der Waals surface area (Å²) in [4.78, 5) is 15.2. The van der Waals surface area contributed by atoms with Gasteiger partial charge in [0.25, 0.3) is 5.91 Å². The maximum Gasteiger partial charge on any atom is 0.250 e. The van der Waals surface area contributed by atoms with E-state index in [1.165, 1.54) is 0 Å². The van der Waals surface area contributed by atoms with Gasteiger partial charge in [0.15, 0.2) is 0 Å². The Kier molecular flexibility index (Phi) is 2.41. The monoisotopic (exact) mass is 255 g/mol. The minimum Gasteiger partial charge on any atom is -0.380 e. The summed E-state index contributed by atoms with van der Waals surface area (Å²) in [5.41, 5.74) is 6.46. The van der Waals surface area contributed by atoms with Crippen LogP contribution in [0.25, 0.3) is 0 Å². The zero-order chi connectivity index (χ0) is 10.1. The molecule has 0 spiro atoms. The van der Waals surface area contributed by atoms with Crippen molar-refractivity contribution in [3.8, 4) is 0 Å². The Labute approximate surface area is 90.0 Å². The average molecular weight is 256 g/mol. The highest BCUT2D eigenvalue weighted by Crippen LogP contribution is 2.27. The number of nitrogens with zero attached hydrogens (tertiary/aromatic N) is 1. The van der Waals surface area contributed by atoms with Crippen molar-refractivity contribution < 1.29 is 4.79 Å². The number of hydrogen-bond donors (Lipinski definition) is 2. The molecule has 1 aromatic rings. The molecule has 14 heavy (non-hydrogen) atoms. The van der Waals surface area contributed by atoms with E-state index < -0.39 is 5.91 Å². The largest absolute Gasteiger partial charge is 0.380 e. The molecule has 0 unspecified atom stereocenters. The van der Waals surface area contributed by atoms with Crippen LogP contribution in [0.5, 0.6) is 0 Å². The molecule has 1 heterocycles. The van der Waals surface area contributed by atoms with Gasteiger partial charge in [0.2, 0.25) is 0 Å². The number of aromatic nitrogens is 1. The first-order valence-corrected chi connectivity index (χ1v) is 5.18. The number of nitrogens with one attached hydrogen (secondary N) is 1. The smallest absolute Gasteiger partial charge is 0.250 e. The second kappa shape index (κ2) is 3.57. The molecule has 0 bridgehead atoms. The molecule has 1 fully saturated rings. The topological polar surface area (TPSA) is 68.0 Å². The lowest BCUT2D eigenvalue weighted by atomic mass is 10.2. The van der Waals surface area contributed by atoms with Gasteiger partial charge in [0.05, 0.1) is 17.4 Å². The molecule has 74 valence electrons. The van der Waals surface area contributed by atoms with Crippen molar-refractivity contribution in [2.45, 2.75) is 18.9 Å². The van der Waals surface area contributed by atoms with Crippen LogP contribution in [0.15, 0.2) is 16.9 Å². The third kappa shape index (κ3) is 2.04. The zero-order valence-corrected chi connectivity index (χ0v) is 9.04. The summed E-state index contributed by atoms with van der Waals surface area (Å²) < 4.78 is 0.618. The minimum atomic E-state index is -0.434. The second-order valence-electron chi connectivity index (χ2n) is 3.34. The Hall–Kier alpha value is -1.10. The summed E-state index contributed by atoms with van der Waals surface area (Å²) in [6.07, 6.45) is 3.92. The average Bonchev–Trinajstić information content (AvgIpc) is 2.91. The molecule has 5 heteroatoms. The van der Waals surface area contributed by atoms with Gasteiger partial charge in [0.1, 0.15) is 4.60 Å². The van der Waals surface area contributed by atoms with Crippen molar-refractivity contribution in [1.29, 1.82) is 0 Å². The van der Waals surface area contributed by atoms with E-state index in [0.29, 0.717) is 16.2 Å². The molecule has 0 atom stereocenters. The summed E-state index contributed by atoms with van der Waals surface area (Å²) in [6, 6.07) is 2.11. The van der Waals surface area contributed by atoms with Gasteiger partial charge in [-0.3, -0.25) is 4.79 Å². The Morgan fingerprint density at radius 1 is 1.64 bits per heavy atom. The molecule has 1 amide bonds. The fraction of sp³-hybridized carbons (Fsp3) is 0.333. The summed E-state index contributed by atoms with van der Waals surface area (Å²) in [7, 11) is 0. The summed E-state index contributed by atoms with van der Waals surface area (Å²) >= 11 is 3.20. The minimum absolute atomic E-state index is 0.434. The first-order chi connectivity index (χ1) is 6.66. The van der Waals surface area contributed by atoms with Gasteiger partial charge in [-0.1, -0.05) is 0 Å². The number of anilines is 1. The highest BCUT2D eigenvalue weighted by Gasteiger charge is 2.22. The van der Waals surface area contributed by atoms with Gasteiger partial charge in [-0.25, -0.2) is 4.98 Å². The molecule has 1 aromatic heterocycles. The van der Waals surface area contributed by atoms with Gasteiger partial charge in [0, 0.05) is 6.04 Å². The van der Waals surface area contributed by atoms with Gasteiger partial charge >= 0.3 is 0 Å². The zero-order valence-electron chi connectivity index (χ0n) is 7.46. The lowest BCUT2D eigenvalue weighted by Gasteiger charge is -2.08. The number of halogens is 1. The summed E-state index contributed by atoms with van der Waals surface area (Å²) in [6.45, 7) is 0. The normalized spacial score (nSPS) is 15.2. The second-order valence-corrected chi connectivity index (χ2v) is 4.15. The predicted octanol–water partition coefficient (Wildman–Crippen LogP) is 1.52. The van der Waals surface area contributed by atoms with Crippen LogP contribution in [0.2, 0.25) is 0 Å². The van der Waals surface area contributed by atoms with Gasteiger partial charge in [-0.05, 0) is 34.8 Å². The van der Waals surface area contributed by atoms with Crippen LogP contribution in [0.3, 0.4) is 0 Å². The van der Waals surface area contributed by atoms with E-state index >= 15 is 0 Å². The van der Waals surface area contributed by atoms with Crippen LogP contribution < -0.4 is 11.1 Å². The summed E-state index contributed by atoms with van der Waals surface area (Å²) in [5.74, 6) is -0.434. The Bertz CT molecular complexity index is 376. The number of nitrogens with two attached hydrogens (primary N) is 1.